The third-order valence-electron chi connectivity index (χ3n) is 7.43. The Labute approximate surface area is 255 Å². The molecule has 1 aliphatic heterocycles. The van der Waals surface area contributed by atoms with Crippen molar-refractivity contribution in [1.82, 2.24) is 24.6 Å². The molecule has 0 spiro atoms. The number of carbonyl (C=O) groups excluding carboxylic acids is 1. The molecule has 2 aromatic carbocycles. The summed E-state index contributed by atoms with van der Waals surface area (Å²) in [6, 6.07) is 13.3. The molecule has 13 heteroatoms. The Kier molecular flexibility index (Phi) is 8.76. The molecule has 1 amide bonds. The minimum atomic E-state index is -1.19. The molecular weight excluding hydrogens is 562 g/mol. The van der Waals surface area contributed by atoms with Crippen molar-refractivity contribution in [3.63, 3.8) is 0 Å². The molecule has 2 aromatic heterocycles. The Morgan fingerprint density at radius 3 is 2.59 bits per heavy atom. The predicted octanol–water partition coefficient (Wildman–Crippen LogP) is 4.34. The van der Waals surface area contributed by atoms with E-state index in [1.165, 1.54) is 12.3 Å². The van der Waals surface area contributed by atoms with Gasteiger partial charge >= 0.3 is 5.97 Å². The van der Waals surface area contributed by atoms with Gasteiger partial charge in [0.1, 0.15) is 11.3 Å². The minimum Gasteiger partial charge on any atom is -0.494 e. The molecule has 1 fully saturated rings. The van der Waals surface area contributed by atoms with Gasteiger partial charge in [-0.25, -0.2) is 9.78 Å². The number of para-hydroxylation sites is 1. The molecule has 44 heavy (non-hydrogen) atoms. The number of carboxylic acid groups (broad SMARTS) is 1. The normalized spacial score (nSPS) is 14.4. The Morgan fingerprint density at radius 1 is 1.14 bits per heavy atom. The summed E-state index contributed by atoms with van der Waals surface area (Å²) in [6.07, 6.45) is 5.25. The lowest BCUT2D eigenvalue weighted by molar-refractivity contribution is -0.111. The number of nitrogens with one attached hydrogen (secondary N) is 3. The number of aryl methyl sites for hydroxylation is 1. The third-order valence-corrected chi connectivity index (χ3v) is 7.43. The number of aromatic nitrogens is 4. The fourth-order valence-corrected chi connectivity index (χ4v) is 5.08. The summed E-state index contributed by atoms with van der Waals surface area (Å²) in [5.74, 6) is -0.848. The summed E-state index contributed by atoms with van der Waals surface area (Å²) < 4.78 is 7.42. The molecule has 228 valence electrons. The van der Waals surface area contributed by atoms with Gasteiger partial charge in [0.15, 0.2) is 5.82 Å². The van der Waals surface area contributed by atoms with Crippen LogP contribution >= 0.6 is 0 Å². The van der Waals surface area contributed by atoms with Crippen molar-refractivity contribution >= 4 is 46.4 Å². The maximum Gasteiger partial charge on any atom is 0.341 e. The molecule has 0 saturated carbocycles. The van der Waals surface area contributed by atoms with E-state index in [0.717, 1.165) is 30.8 Å². The first kappa shape index (κ1) is 30.0. The Balaban J connectivity index is 1.50. The van der Waals surface area contributed by atoms with Crippen LogP contribution in [0.25, 0.3) is 11.3 Å². The molecule has 0 radical (unpaired) electrons. The van der Waals surface area contributed by atoms with E-state index in [4.69, 9.17) is 4.74 Å². The maximum absolute atomic E-state index is 12.4. The van der Waals surface area contributed by atoms with Crippen molar-refractivity contribution in [2.24, 2.45) is 7.05 Å². The van der Waals surface area contributed by atoms with Crippen LogP contribution in [0.2, 0.25) is 0 Å². The fraction of sp³-hybridized carbons (Fsp3) is 0.258. The predicted molar refractivity (Wildman–Crippen MR) is 170 cm³/mol. The summed E-state index contributed by atoms with van der Waals surface area (Å²) in [6.45, 7) is 5.18. The van der Waals surface area contributed by atoms with Crippen LogP contribution < -0.4 is 25.6 Å². The quantitative estimate of drug-likeness (QED) is 0.183. The molecule has 0 aliphatic carbocycles. The average molecular weight is 598 g/mol. The molecule has 1 unspecified atom stereocenters. The van der Waals surface area contributed by atoms with E-state index in [-0.39, 0.29) is 23.2 Å². The number of hydrogen-bond acceptors (Lipinski definition) is 10. The number of likely N-dealkylation sites (N-methyl/N-ethyl adjacent to an activating group) is 1. The van der Waals surface area contributed by atoms with Crippen molar-refractivity contribution in [2.45, 2.75) is 12.5 Å². The first-order chi connectivity index (χ1) is 21.2. The maximum atomic E-state index is 12.4. The Morgan fingerprint density at radius 2 is 1.93 bits per heavy atom. The highest BCUT2D eigenvalue weighted by atomic mass is 16.5. The van der Waals surface area contributed by atoms with Crippen LogP contribution in [-0.2, 0) is 11.8 Å². The second-order valence-electron chi connectivity index (χ2n) is 10.5. The number of methoxy groups -OCH3 is 1. The number of hydrogen-bond donors (Lipinski definition) is 4. The zero-order valence-corrected chi connectivity index (χ0v) is 25.0. The van der Waals surface area contributed by atoms with E-state index < -0.39 is 5.97 Å². The van der Waals surface area contributed by atoms with Gasteiger partial charge in [0.25, 0.3) is 0 Å². The molecule has 4 N–H and O–H groups in total. The molecule has 13 nitrogen and oxygen atoms in total. The van der Waals surface area contributed by atoms with Crippen molar-refractivity contribution in [1.29, 1.82) is 0 Å². The van der Waals surface area contributed by atoms with E-state index in [9.17, 15) is 14.7 Å². The van der Waals surface area contributed by atoms with Crippen LogP contribution in [0.1, 0.15) is 16.8 Å². The SMILES string of the molecule is C=CC(=O)Nc1cc(Nc2ncc(C(=O)O)c(Nc3ccccc3-c3ccn(C)n3)n2)c(OC)cc1N1CCC(N(C)C)C1. The standard InChI is InChI=1S/C31H35N9O4/c1-6-28(41)33-24-15-25(27(44-5)16-26(24)40-14-11-19(18-40)38(2)3)35-31-32-17-21(30(42)43)29(36-31)34-22-10-8-7-9-20(22)23-12-13-39(4)37-23/h6-10,12-13,15-17,19H,1,11,14,18H2,2-5H3,(H,33,41)(H,42,43)(H2,32,34,35,36). The molecule has 1 saturated heterocycles. The zero-order valence-electron chi connectivity index (χ0n) is 25.0. The first-order valence-corrected chi connectivity index (χ1v) is 14.0. The molecular formula is C31H35N9O4. The van der Waals surface area contributed by atoms with E-state index in [0.29, 0.717) is 34.5 Å². The lowest BCUT2D eigenvalue weighted by Crippen LogP contribution is -2.31. The summed E-state index contributed by atoms with van der Waals surface area (Å²) in [4.78, 5) is 37.7. The van der Waals surface area contributed by atoms with Crippen LogP contribution in [-0.4, -0.2) is 82.0 Å². The number of anilines is 6. The van der Waals surface area contributed by atoms with E-state index in [2.05, 4.69) is 61.5 Å². The number of nitrogens with zero attached hydrogens (tertiary/aromatic N) is 6. The van der Waals surface area contributed by atoms with Gasteiger partial charge in [0.05, 0.1) is 29.9 Å². The molecule has 0 bridgehead atoms. The highest BCUT2D eigenvalue weighted by Gasteiger charge is 2.27. The van der Waals surface area contributed by atoms with Gasteiger partial charge in [-0.3, -0.25) is 9.48 Å². The zero-order chi connectivity index (χ0) is 31.4. The highest BCUT2D eigenvalue weighted by Crippen LogP contribution is 2.40. The van der Waals surface area contributed by atoms with Crippen LogP contribution in [0, 0.1) is 0 Å². The number of carbonyl (C=O) groups is 2. The van der Waals surface area contributed by atoms with Gasteiger partial charge in [0.2, 0.25) is 11.9 Å². The summed E-state index contributed by atoms with van der Waals surface area (Å²) in [7, 11) is 7.48. The number of carboxylic acids is 1. The van der Waals surface area contributed by atoms with Crippen molar-refractivity contribution in [2.75, 3.05) is 55.1 Å². The van der Waals surface area contributed by atoms with Crippen molar-refractivity contribution < 1.29 is 19.4 Å². The van der Waals surface area contributed by atoms with Gasteiger partial charge < -0.3 is 35.6 Å². The first-order valence-electron chi connectivity index (χ1n) is 14.0. The van der Waals surface area contributed by atoms with E-state index in [1.807, 2.05) is 49.6 Å². The summed E-state index contributed by atoms with van der Waals surface area (Å²) in [5, 5.41) is 23.6. The lowest BCUT2D eigenvalue weighted by atomic mass is 10.1. The number of aromatic carboxylic acids is 1. The number of amides is 1. The average Bonchev–Trinajstić information content (AvgIpc) is 3.67. The fourth-order valence-electron chi connectivity index (χ4n) is 5.08. The van der Waals surface area contributed by atoms with Crippen molar-refractivity contribution in [3.05, 3.63) is 73.1 Å². The summed E-state index contributed by atoms with van der Waals surface area (Å²) in [5.41, 5.74) is 3.84. The number of benzene rings is 2. The number of ether oxygens (including phenoxy) is 1. The van der Waals surface area contributed by atoms with Gasteiger partial charge in [-0.1, -0.05) is 24.8 Å². The monoisotopic (exact) mass is 597 g/mol. The smallest absolute Gasteiger partial charge is 0.341 e. The highest BCUT2D eigenvalue weighted by molar-refractivity contribution is 6.02. The molecule has 5 rings (SSSR count). The van der Waals surface area contributed by atoms with Gasteiger partial charge in [-0.05, 0) is 44.8 Å². The Hall–Kier alpha value is -5.43. The van der Waals surface area contributed by atoms with Crippen LogP contribution in [0.4, 0.5) is 34.5 Å². The van der Waals surface area contributed by atoms with Crippen LogP contribution in [0.5, 0.6) is 5.75 Å². The van der Waals surface area contributed by atoms with Crippen LogP contribution in [0.15, 0.2) is 67.5 Å². The van der Waals surface area contributed by atoms with Gasteiger partial charge in [-0.2, -0.15) is 10.1 Å². The molecule has 4 aromatic rings. The minimum absolute atomic E-state index is 0.0842. The second kappa shape index (κ2) is 12.8. The van der Waals surface area contributed by atoms with Crippen LogP contribution in [0.3, 0.4) is 0 Å². The molecule has 1 atom stereocenters. The second-order valence-corrected chi connectivity index (χ2v) is 10.5. The molecule has 1 aliphatic rings. The Bertz CT molecular complexity index is 1700. The lowest BCUT2D eigenvalue weighted by Gasteiger charge is -2.25. The summed E-state index contributed by atoms with van der Waals surface area (Å²) >= 11 is 0. The topological polar surface area (TPSA) is 150 Å². The van der Waals surface area contributed by atoms with Gasteiger partial charge in [-0.15, -0.1) is 0 Å². The number of rotatable bonds is 11. The van der Waals surface area contributed by atoms with Crippen molar-refractivity contribution in [3.8, 4) is 17.0 Å². The largest absolute Gasteiger partial charge is 0.494 e. The third kappa shape index (κ3) is 6.47. The van der Waals surface area contributed by atoms with E-state index in [1.54, 1.807) is 17.9 Å². The van der Waals surface area contributed by atoms with Gasteiger partial charge in [0, 0.05) is 55.9 Å². The molecule has 3 heterocycles. The van der Waals surface area contributed by atoms with E-state index >= 15 is 0 Å².